The number of hydrogen-bond acceptors (Lipinski definition) is 2. The lowest BCUT2D eigenvalue weighted by Gasteiger charge is -2.30. The van der Waals surface area contributed by atoms with Crippen LogP contribution in [-0.2, 0) is 9.53 Å². The van der Waals surface area contributed by atoms with Crippen LogP contribution in [-0.4, -0.2) is 36.8 Å². The quantitative estimate of drug-likeness (QED) is 0.409. The number of halogens is 8. The van der Waals surface area contributed by atoms with E-state index in [-0.39, 0.29) is 6.42 Å². The van der Waals surface area contributed by atoms with Gasteiger partial charge in [0.1, 0.15) is 0 Å². The van der Waals surface area contributed by atoms with Gasteiger partial charge in [0.2, 0.25) is 0 Å². The minimum atomic E-state index is -6.56. The summed E-state index contributed by atoms with van der Waals surface area (Å²) in [5.41, 5.74) is 0. The molecule has 0 fully saturated rings. The number of alkyl halides is 8. The van der Waals surface area contributed by atoms with E-state index >= 15 is 0 Å². The molecule has 0 saturated heterocycles. The van der Waals surface area contributed by atoms with E-state index in [9.17, 15) is 39.9 Å². The minimum Gasteiger partial charge on any atom is -0.461 e. The highest BCUT2D eigenvalue weighted by Gasteiger charge is 2.79. The first-order valence-electron chi connectivity index (χ1n) is 5.01. The molecule has 0 atom stereocenters. The first-order valence-corrected chi connectivity index (χ1v) is 5.01. The van der Waals surface area contributed by atoms with Gasteiger partial charge in [-0.05, 0) is 6.42 Å². The Hall–Kier alpha value is -1.09. The Morgan fingerprint density at radius 3 is 1.95 bits per heavy atom. The van der Waals surface area contributed by atoms with E-state index in [2.05, 4.69) is 4.74 Å². The van der Waals surface area contributed by atoms with Crippen LogP contribution in [0.5, 0.6) is 0 Å². The Labute approximate surface area is 102 Å². The van der Waals surface area contributed by atoms with Crippen molar-refractivity contribution >= 4 is 5.97 Å². The molecule has 0 heterocycles. The number of hydrogen-bond donors (Lipinski definition) is 0. The lowest BCUT2D eigenvalue weighted by molar-refractivity contribution is -0.332. The molecule has 0 amide bonds. The average Bonchev–Trinajstić information content (AvgIpc) is 2.28. The Bertz CT molecular complexity index is 315. The molecule has 0 spiro atoms. The fraction of sp³-hybridized carbons (Fsp3) is 0.889. The summed E-state index contributed by atoms with van der Waals surface area (Å²) >= 11 is 0. The molecule has 0 aromatic rings. The number of ether oxygens (including phenoxy) is 1. The van der Waals surface area contributed by atoms with Gasteiger partial charge in [-0.25, -0.2) is 13.6 Å². The third-order valence-corrected chi connectivity index (χ3v) is 2.07. The van der Waals surface area contributed by atoms with Crippen LogP contribution in [0.4, 0.5) is 35.1 Å². The monoisotopic (exact) mass is 302 g/mol. The molecule has 19 heavy (non-hydrogen) atoms. The summed E-state index contributed by atoms with van der Waals surface area (Å²) in [6, 6.07) is 0. The molecule has 0 aliphatic rings. The van der Waals surface area contributed by atoms with E-state index in [1.807, 2.05) is 0 Å². The van der Waals surface area contributed by atoms with Gasteiger partial charge < -0.3 is 4.74 Å². The fourth-order valence-electron chi connectivity index (χ4n) is 0.874. The lowest BCUT2D eigenvalue weighted by atomic mass is 10.1. The molecule has 0 radical (unpaired) electrons. The Kier molecular flexibility index (Phi) is 5.57. The highest BCUT2D eigenvalue weighted by Crippen LogP contribution is 2.48. The maximum Gasteiger partial charge on any atom is 0.410 e. The molecule has 10 heteroatoms. The zero-order chi connectivity index (χ0) is 15.5. The lowest BCUT2D eigenvalue weighted by Crippen LogP contribution is -2.61. The third kappa shape index (κ3) is 3.27. The maximum absolute atomic E-state index is 12.8. The van der Waals surface area contributed by atoms with Crippen molar-refractivity contribution < 1.29 is 44.7 Å². The molecule has 0 aliphatic carbocycles. The maximum atomic E-state index is 12.8. The van der Waals surface area contributed by atoms with Crippen LogP contribution < -0.4 is 0 Å². The van der Waals surface area contributed by atoms with Gasteiger partial charge >= 0.3 is 30.2 Å². The predicted molar refractivity (Wildman–Crippen MR) is 46.7 cm³/mol. The van der Waals surface area contributed by atoms with Crippen LogP contribution in [0.25, 0.3) is 0 Å². The van der Waals surface area contributed by atoms with Crippen molar-refractivity contribution in [1.29, 1.82) is 0 Å². The summed E-state index contributed by atoms with van der Waals surface area (Å²) in [6.45, 7) is 0.840. The van der Waals surface area contributed by atoms with Crippen LogP contribution in [0.15, 0.2) is 0 Å². The van der Waals surface area contributed by atoms with Crippen molar-refractivity contribution in [2.45, 2.75) is 44.0 Å². The second-order valence-electron chi connectivity index (χ2n) is 3.56. The fourth-order valence-corrected chi connectivity index (χ4v) is 0.874. The van der Waals surface area contributed by atoms with Crippen molar-refractivity contribution in [3.63, 3.8) is 0 Å². The van der Waals surface area contributed by atoms with Gasteiger partial charge in [-0.1, -0.05) is 13.3 Å². The van der Waals surface area contributed by atoms with E-state index < -0.39 is 36.8 Å². The van der Waals surface area contributed by atoms with Crippen LogP contribution in [0.2, 0.25) is 0 Å². The second-order valence-corrected chi connectivity index (χ2v) is 3.56. The van der Waals surface area contributed by atoms with Gasteiger partial charge in [-0.3, -0.25) is 0 Å². The van der Waals surface area contributed by atoms with Gasteiger partial charge in [-0.15, -0.1) is 0 Å². The van der Waals surface area contributed by atoms with Crippen molar-refractivity contribution in [1.82, 2.24) is 0 Å². The second kappa shape index (κ2) is 5.91. The molecule has 0 aliphatic heterocycles. The topological polar surface area (TPSA) is 26.3 Å². The number of unbranched alkanes of at least 4 members (excludes halogenated alkanes) is 1. The summed E-state index contributed by atoms with van der Waals surface area (Å²) in [4.78, 5) is 10.6. The molecule has 0 N–H and O–H groups in total. The number of carbonyl (C=O) groups excluding carboxylic acids is 1. The molecule has 0 bridgehead atoms. The highest BCUT2D eigenvalue weighted by molar-refractivity contribution is 5.79. The minimum absolute atomic E-state index is 0.0264. The van der Waals surface area contributed by atoms with E-state index in [1.54, 1.807) is 6.92 Å². The summed E-state index contributed by atoms with van der Waals surface area (Å²) in [5, 5.41) is 0. The molecule has 0 aromatic heterocycles. The van der Waals surface area contributed by atoms with Crippen molar-refractivity contribution in [3.8, 4) is 0 Å². The van der Waals surface area contributed by atoms with Gasteiger partial charge in [0.15, 0.2) is 0 Å². The van der Waals surface area contributed by atoms with Gasteiger partial charge in [-0.2, -0.15) is 26.3 Å². The van der Waals surface area contributed by atoms with Crippen molar-refractivity contribution in [3.05, 3.63) is 0 Å². The van der Waals surface area contributed by atoms with Crippen LogP contribution in [0.3, 0.4) is 0 Å². The summed E-state index contributed by atoms with van der Waals surface area (Å²) in [7, 11) is 0. The molecule has 0 saturated carbocycles. The Morgan fingerprint density at radius 1 is 1.11 bits per heavy atom. The molecular formula is C9H10F8O2. The Morgan fingerprint density at radius 2 is 1.58 bits per heavy atom. The Balaban J connectivity index is 5.11. The van der Waals surface area contributed by atoms with E-state index in [0.29, 0.717) is 6.42 Å². The summed E-state index contributed by atoms with van der Waals surface area (Å²) in [6.07, 6.45) is -4.68. The van der Waals surface area contributed by atoms with Gasteiger partial charge in [0.25, 0.3) is 0 Å². The van der Waals surface area contributed by atoms with Gasteiger partial charge in [0, 0.05) is 0 Å². The standard InChI is InChI=1S/C9H10F8O2/c1-2-3-4-19-6(18)8(14,15)9(16,17)7(12,13)5(10)11/h5H,2-4H2,1H3. The van der Waals surface area contributed by atoms with E-state index in [0.717, 1.165) is 0 Å². The van der Waals surface area contributed by atoms with Gasteiger partial charge in [0.05, 0.1) is 6.61 Å². The number of rotatable bonds is 7. The van der Waals surface area contributed by atoms with Crippen molar-refractivity contribution in [2.75, 3.05) is 6.61 Å². The first kappa shape index (κ1) is 17.9. The van der Waals surface area contributed by atoms with E-state index in [4.69, 9.17) is 0 Å². The van der Waals surface area contributed by atoms with E-state index in [1.165, 1.54) is 0 Å². The van der Waals surface area contributed by atoms with Crippen LogP contribution in [0, 0.1) is 0 Å². The predicted octanol–water partition coefficient (Wildman–Crippen LogP) is 3.50. The molecule has 0 aromatic carbocycles. The van der Waals surface area contributed by atoms with Crippen molar-refractivity contribution in [2.24, 2.45) is 0 Å². The largest absolute Gasteiger partial charge is 0.461 e. The summed E-state index contributed by atoms with van der Waals surface area (Å²) < 4.78 is 103. The SMILES string of the molecule is CCCCOC(=O)C(F)(F)C(F)(F)C(F)(F)C(F)F. The zero-order valence-corrected chi connectivity index (χ0v) is 9.54. The molecule has 2 nitrogen and oxygen atoms in total. The summed E-state index contributed by atoms with van der Waals surface area (Å²) in [5.74, 6) is -21.9. The molecule has 0 rings (SSSR count). The van der Waals surface area contributed by atoms with Crippen LogP contribution in [0.1, 0.15) is 19.8 Å². The third-order valence-electron chi connectivity index (χ3n) is 2.07. The molecule has 114 valence electrons. The zero-order valence-electron chi connectivity index (χ0n) is 9.54. The molecular weight excluding hydrogens is 292 g/mol. The normalized spacial score (nSPS) is 13.8. The first-order chi connectivity index (χ1) is 8.42. The molecule has 0 unspecified atom stereocenters. The average molecular weight is 302 g/mol. The highest BCUT2D eigenvalue weighted by atomic mass is 19.4. The number of esters is 1. The van der Waals surface area contributed by atoms with Crippen LogP contribution >= 0.6 is 0 Å². The number of carbonyl (C=O) groups is 1. The smallest absolute Gasteiger partial charge is 0.410 e.